The van der Waals surface area contributed by atoms with E-state index >= 15 is 4.39 Å². The van der Waals surface area contributed by atoms with Gasteiger partial charge in [-0.1, -0.05) is 51.9 Å². The van der Waals surface area contributed by atoms with Crippen molar-refractivity contribution in [3.8, 4) is 11.3 Å². The quantitative estimate of drug-likeness (QED) is 0.115. The fraction of sp³-hybridized carbons (Fsp3) is 0.375. The molecule has 3 heterocycles. The van der Waals surface area contributed by atoms with Crippen LogP contribution in [0.15, 0.2) is 48.2 Å². The Balaban J connectivity index is 2.00. The molecular weight excluding hydrogens is 583 g/mol. The summed E-state index contributed by atoms with van der Waals surface area (Å²) in [5.74, 6) is -0.227. The number of hydrogen-bond donors (Lipinski definition) is 1. The van der Waals surface area contributed by atoms with Crippen LogP contribution in [0.25, 0.3) is 11.3 Å². The van der Waals surface area contributed by atoms with Gasteiger partial charge in [-0.25, -0.2) is 19.3 Å². The van der Waals surface area contributed by atoms with Crippen molar-refractivity contribution in [3.05, 3.63) is 71.0 Å². The molecule has 0 bridgehead atoms. The van der Waals surface area contributed by atoms with E-state index in [4.69, 9.17) is 22.3 Å². The summed E-state index contributed by atoms with van der Waals surface area (Å²) in [6.07, 6.45) is 3.45. The summed E-state index contributed by atoms with van der Waals surface area (Å²) >= 11 is 6.84. The van der Waals surface area contributed by atoms with Gasteiger partial charge in [0.25, 0.3) is 0 Å². The molecule has 2 N–H and O–H groups in total. The first kappa shape index (κ1) is 32.5. The maximum absolute atomic E-state index is 15.2. The molecular formula is C32H38ClFN8O2. The predicted molar refractivity (Wildman–Crippen MR) is 173 cm³/mol. The summed E-state index contributed by atoms with van der Waals surface area (Å²) in [4.78, 5) is 49.3. The SMILES string of the molecule is C=CC(=O)N1CCN(/C(=N/C)c2cc(Cl)c(-c3c(N)cccc3F)nc2N(C=O)c2c(C(C)C)ncnc2C(C)C)C[C@@H]1C. The topological polar surface area (TPSA) is 121 Å². The van der Waals surface area contributed by atoms with Gasteiger partial charge >= 0.3 is 0 Å². The van der Waals surface area contributed by atoms with Gasteiger partial charge in [0.05, 0.1) is 38.9 Å². The number of halogens is 2. The zero-order valence-electron chi connectivity index (χ0n) is 25.9. The summed E-state index contributed by atoms with van der Waals surface area (Å²) in [7, 11) is 1.64. The molecule has 1 aromatic carbocycles. The number of benzene rings is 1. The van der Waals surface area contributed by atoms with Crippen molar-refractivity contribution in [2.45, 2.75) is 52.5 Å². The third-order valence-electron chi connectivity index (χ3n) is 7.62. The molecule has 1 aliphatic heterocycles. The third kappa shape index (κ3) is 6.14. The Morgan fingerprint density at radius 1 is 1.20 bits per heavy atom. The van der Waals surface area contributed by atoms with Gasteiger partial charge in [-0.05, 0) is 43.0 Å². The molecule has 44 heavy (non-hydrogen) atoms. The van der Waals surface area contributed by atoms with Crippen molar-refractivity contribution < 1.29 is 14.0 Å². The molecule has 12 heteroatoms. The third-order valence-corrected chi connectivity index (χ3v) is 7.91. The Bertz CT molecular complexity index is 1560. The molecule has 4 rings (SSSR count). The molecule has 2 aromatic heterocycles. The minimum Gasteiger partial charge on any atom is -0.398 e. The van der Waals surface area contributed by atoms with Gasteiger partial charge < -0.3 is 15.5 Å². The van der Waals surface area contributed by atoms with E-state index in [1.807, 2.05) is 39.5 Å². The molecule has 232 valence electrons. The lowest BCUT2D eigenvalue weighted by atomic mass is 10.00. The summed E-state index contributed by atoms with van der Waals surface area (Å²) < 4.78 is 15.2. The molecule has 0 aliphatic carbocycles. The van der Waals surface area contributed by atoms with Gasteiger partial charge in [0, 0.05) is 38.4 Å². The molecule has 1 saturated heterocycles. The highest BCUT2D eigenvalue weighted by atomic mass is 35.5. The van der Waals surface area contributed by atoms with Crippen LogP contribution in [0, 0.1) is 5.82 Å². The van der Waals surface area contributed by atoms with Gasteiger partial charge in [0.1, 0.15) is 18.0 Å². The number of hydrogen-bond acceptors (Lipinski definition) is 7. The number of piperazine rings is 1. The largest absolute Gasteiger partial charge is 0.398 e. The maximum atomic E-state index is 15.2. The zero-order chi connectivity index (χ0) is 32.3. The van der Waals surface area contributed by atoms with Gasteiger partial charge in [-0.15, -0.1) is 0 Å². The second-order valence-electron chi connectivity index (χ2n) is 11.2. The van der Waals surface area contributed by atoms with Crippen molar-refractivity contribution in [1.82, 2.24) is 24.8 Å². The first-order chi connectivity index (χ1) is 20.9. The second kappa shape index (κ2) is 13.5. The molecule has 1 atom stereocenters. The second-order valence-corrected chi connectivity index (χ2v) is 11.7. The van der Waals surface area contributed by atoms with E-state index in [0.29, 0.717) is 54.5 Å². The van der Waals surface area contributed by atoms with Gasteiger partial charge in [0.2, 0.25) is 12.3 Å². The van der Waals surface area contributed by atoms with Crippen LogP contribution >= 0.6 is 11.6 Å². The average Bonchev–Trinajstić information content (AvgIpc) is 2.99. The van der Waals surface area contributed by atoms with E-state index in [-0.39, 0.29) is 51.6 Å². The number of amides is 2. The standard InChI is InChI=1S/C32H38ClFN8O2/c1-8-25(44)41-13-12-40(15-20(41)6)31(36-7)21-14-22(33)29(26-23(34)10-9-11-24(26)35)39-32(21)42(17-43)30-27(18(2)3)37-16-38-28(30)19(4)5/h8-11,14,16-20H,1,12-13,15,35H2,2-7H3/b36-31+/t20-/m0/s1. The highest BCUT2D eigenvalue weighted by Gasteiger charge is 2.33. The summed E-state index contributed by atoms with van der Waals surface area (Å²) in [5.41, 5.74) is 8.67. The number of carbonyl (C=O) groups excluding carboxylic acids is 2. The van der Waals surface area contributed by atoms with Crippen molar-refractivity contribution in [2.24, 2.45) is 4.99 Å². The molecule has 0 saturated carbocycles. The Kier molecular flexibility index (Phi) is 9.98. The minimum absolute atomic E-state index is 0.0220. The van der Waals surface area contributed by atoms with E-state index < -0.39 is 5.82 Å². The van der Waals surface area contributed by atoms with E-state index in [1.165, 1.54) is 29.4 Å². The Labute approximate surface area is 262 Å². The lowest BCUT2D eigenvalue weighted by Crippen LogP contribution is -2.55. The van der Waals surface area contributed by atoms with E-state index in [9.17, 15) is 9.59 Å². The van der Waals surface area contributed by atoms with Gasteiger partial charge in [0.15, 0.2) is 5.82 Å². The molecule has 0 spiro atoms. The van der Waals surface area contributed by atoms with Crippen LogP contribution in [-0.4, -0.2) is 75.6 Å². The van der Waals surface area contributed by atoms with Gasteiger partial charge in [-0.3, -0.25) is 19.5 Å². The number of nitrogen functional groups attached to an aromatic ring is 1. The highest BCUT2D eigenvalue weighted by Crippen LogP contribution is 2.41. The summed E-state index contributed by atoms with van der Waals surface area (Å²) in [5, 5.41) is 0.124. The highest BCUT2D eigenvalue weighted by molar-refractivity contribution is 6.34. The molecule has 3 aromatic rings. The molecule has 1 aliphatic rings. The smallest absolute Gasteiger partial charge is 0.246 e. The van der Waals surface area contributed by atoms with Crippen LogP contribution in [0.1, 0.15) is 63.4 Å². The molecule has 0 unspecified atom stereocenters. The summed E-state index contributed by atoms with van der Waals surface area (Å²) in [6.45, 7) is 14.8. The van der Waals surface area contributed by atoms with E-state index in [0.717, 1.165) is 0 Å². The number of nitrogens with two attached hydrogens (primary N) is 1. The van der Waals surface area contributed by atoms with Crippen LogP contribution < -0.4 is 10.6 Å². The molecule has 1 fully saturated rings. The number of nitrogens with zero attached hydrogens (tertiary/aromatic N) is 7. The lowest BCUT2D eigenvalue weighted by molar-refractivity contribution is -0.129. The zero-order valence-corrected chi connectivity index (χ0v) is 26.6. The number of aromatic nitrogens is 3. The maximum Gasteiger partial charge on any atom is 0.246 e. The fourth-order valence-electron chi connectivity index (χ4n) is 5.53. The minimum atomic E-state index is -0.606. The van der Waals surface area contributed by atoms with Crippen LogP contribution in [0.4, 0.5) is 21.6 Å². The molecule has 2 amide bonds. The van der Waals surface area contributed by atoms with Crippen molar-refractivity contribution in [2.75, 3.05) is 37.3 Å². The van der Waals surface area contributed by atoms with Gasteiger partial charge in [-0.2, -0.15) is 0 Å². The van der Waals surface area contributed by atoms with E-state index in [1.54, 1.807) is 24.1 Å². The first-order valence-corrected chi connectivity index (χ1v) is 14.8. The Morgan fingerprint density at radius 2 is 1.86 bits per heavy atom. The van der Waals surface area contributed by atoms with Crippen LogP contribution in [0.3, 0.4) is 0 Å². The normalized spacial score (nSPS) is 15.6. The summed E-state index contributed by atoms with van der Waals surface area (Å²) in [6, 6.07) is 5.81. The monoisotopic (exact) mass is 620 g/mol. The predicted octanol–water partition coefficient (Wildman–Crippen LogP) is 5.55. The first-order valence-electron chi connectivity index (χ1n) is 14.4. The van der Waals surface area contributed by atoms with Crippen LogP contribution in [-0.2, 0) is 9.59 Å². The van der Waals surface area contributed by atoms with Crippen molar-refractivity contribution in [1.29, 1.82) is 0 Å². The van der Waals surface area contributed by atoms with Crippen molar-refractivity contribution in [3.63, 3.8) is 0 Å². The number of carbonyl (C=O) groups is 2. The number of aliphatic imine (C=N–C) groups is 1. The fourth-order valence-corrected chi connectivity index (χ4v) is 5.77. The average molecular weight is 621 g/mol. The lowest BCUT2D eigenvalue weighted by Gasteiger charge is -2.41. The number of rotatable bonds is 8. The van der Waals surface area contributed by atoms with E-state index in [2.05, 4.69) is 21.5 Å². The number of amidine groups is 1. The molecule has 0 radical (unpaired) electrons. The van der Waals surface area contributed by atoms with Crippen LogP contribution in [0.5, 0.6) is 0 Å². The van der Waals surface area contributed by atoms with Crippen LogP contribution in [0.2, 0.25) is 5.02 Å². The molecule has 10 nitrogen and oxygen atoms in total. The number of pyridine rings is 1. The Morgan fingerprint density at radius 3 is 2.39 bits per heavy atom. The number of anilines is 3. The Hall–Kier alpha value is -4.38. The van der Waals surface area contributed by atoms with Crippen molar-refractivity contribution >= 4 is 46.9 Å².